The molecule has 1 amide bonds. The zero-order valence-electron chi connectivity index (χ0n) is 15.5. The molecule has 2 fully saturated rings. The molecule has 2 atom stereocenters. The average Bonchev–Trinajstić information content (AvgIpc) is 3.35. The van der Waals surface area contributed by atoms with E-state index in [2.05, 4.69) is 20.4 Å². The smallest absolute Gasteiger partial charge is 0.309 e. The first-order valence-corrected chi connectivity index (χ1v) is 10.3. The molecule has 0 spiro atoms. The van der Waals surface area contributed by atoms with Crippen LogP contribution in [0.2, 0.25) is 0 Å². The molecular weight excluding hydrogens is 402 g/mol. The molecule has 154 valence electrons. The first-order valence-electron chi connectivity index (χ1n) is 9.45. The minimum absolute atomic E-state index is 0.00766. The number of likely N-dealkylation sites (tertiary alicyclic amines) is 1. The van der Waals surface area contributed by atoms with E-state index in [-0.39, 0.29) is 15.6 Å². The predicted octanol–water partition coefficient (Wildman–Crippen LogP) is 2.40. The largest absolute Gasteiger partial charge is 0.481 e. The van der Waals surface area contributed by atoms with E-state index >= 15 is 0 Å². The van der Waals surface area contributed by atoms with Crippen LogP contribution in [-0.4, -0.2) is 57.8 Å². The van der Waals surface area contributed by atoms with E-state index in [1.807, 2.05) is 0 Å². The molecule has 1 aromatic heterocycles. The van der Waals surface area contributed by atoms with Gasteiger partial charge in [0.2, 0.25) is 5.01 Å². The van der Waals surface area contributed by atoms with E-state index in [1.54, 1.807) is 0 Å². The maximum atomic E-state index is 13.9. The summed E-state index contributed by atoms with van der Waals surface area (Å²) in [6.07, 6.45) is 2.93. The highest BCUT2D eigenvalue weighted by Crippen LogP contribution is 2.31. The number of nitrogens with one attached hydrogen (secondary N) is 1. The molecule has 2 heterocycles. The standard InChI is InChI=1S/C19H20F2N4O3S/c20-11-3-4-12(14(21)7-11)17-23-24-18(29-17)16(26)22-15-5-6-25(8-10-1-2-10)9-13(15)19(27)28/h3-4,7,10,13,15H,1-2,5-6,8-9H2,(H,22,26)(H,27,28)/t13-,15-/m0/s1. The Labute approximate surface area is 169 Å². The molecule has 1 aliphatic carbocycles. The highest BCUT2D eigenvalue weighted by atomic mass is 32.1. The van der Waals surface area contributed by atoms with E-state index in [4.69, 9.17) is 0 Å². The third kappa shape index (κ3) is 4.59. The van der Waals surface area contributed by atoms with Crippen molar-refractivity contribution >= 4 is 23.2 Å². The van der Waals surface area contributed by atoms with Gasteiger partial charge in [0.25, 0.3) is 5.91 Å². The summed E-state index contributed by atoms with van der Waals surface area (Å²) in [6.45, 7) is 2.04. The molecule has 1 saturated heterocycles. The number of carbonyl (C=O) groups is 2. The molecule has 0 unspecified atom stereocenters. The number of aliphatic carboxylic acids is 1. The highest BCUT2D eigenvalue weighted by Gasteiger charge is 2.37. The lowest BCUT2D eigenvalue weighted by Crippen LogP contribution is -2.53. The molecule has 0 radical (unpaired) electrons. The van der Waals surface area contributed by atoms with Crippen molar-refractivity contribution in [2.45, 2.75) is 25.3 Å². The van der Waals surface area contributed by atoms with Crippen LogP contribution in [0.3, 0.4) is 0 Å². The van der Waals surface area contributed by atoms with Gasteiger partial charge in [-0.25, -0.2) is 8.78 Å². The van der Waals surface area contributed by atoms with Gasteiger partial charge in [-0.15, -0.1) is 10.2 Å². The quantitative estimate of drug-likeness (QED) is 0.742. The van der Waals surface area contributed by atoms with Gasteiger partial charge in [0.1, 0.15) is 11.6 Å². The lowest BCUT2D eigenvalue weighted by Gasteiger charge is -2.36. The van der Waals surface area contributed by atoms with Crippen molar-refractivity contribution in [3.8, 4) is 10.6 Å². The number of carboxylic acids is 1. The van der Waals surface area contributed by atoms with Crippen molar-refractivity contribution < 1.29 is 23.5 Å². The highest BCUT2D eigenvalue weighted by molar-refractivity contribution is 7.16. The average molecular weight is 422 g/mol. The summed E-state index contributed by atoms with van der Waals surface area (Å²) in [5.41, 5.74) is 0.0553. The Hall–Kier alpha value is -2.46. The number of rotatable bonds is 6. The van der Waals surface area contributed by atoms with E-state index in [0.717, 1.165) is 36.6 Å². The zero-order chi connectivity index (χ0) is 20.5. The number of amides is 1. The summed E-state index contributed by atoms with van der Waals surface area (Å²) in [7, 11) is 0. The summed E-state index contributed by atoms with van der Waals surface area (Å²) in [6, 6.07) is 2.57. The van der Waals surface area contributed by atoms with E-state index in [0.29, 0.717) is 18.9 Å². The van der Waals surface area contributed by atoms with Crippen LogP contribution in [0.15, 0.2) is 18.2 Å². The molecule has 29 heavy (non-hydrogen) atoms. The topological polar surface area (TPSA) is 95.4 Å². The van der Waals surface area contributed by atoms with Crippen LogP contribution in [0.1, 0.15) is 29.1 Å². The van der Waals surface area contributed by atoms with Crippen LogP contribution in [0, 0.1) is 23.5 Å². The van der Waals surface area contributed by atoms with Gasteiger partial charge < -0.3 is 15.3 Å². The van der Waals surface area contributed by atoms with Crippen LogP contribution < -0.4 is 5.32 Å². The molecule has 1 saturated carbocycles. The molecule has 1 aliphatic heterocycles. The van der Waals surface area contributed by atoms with Crippen molar-refractivity contribution in [2.24, 2.45) is 11.8 Å². The fraction of sp³-hybridized carbons (Fsp3) is 0.474. The van der Waals surface area contributed by atoms with Gasteiger partial charge in [-0.1, -0.05) is 11.3 Å². The molecule has 7 nitrogen and oxygen atoms in total. The second-order valence-corrected chi connectivity index (χ2v) is 8.53. The summed E-state index contributed by atoms with van der Waals surface area (Å²) < 4.78 is 27.0. The van der Waals surface area contributed by atoms with Crippen molar-refractivity contribution in [1.29, 1.82) is 0 Å². The maximum Gasteiger partial charge on any atom is 0.309 e. The van der Waals surface area contributed by atoms with E-state index in [1.165, 1.54) is 18.9 Å². The van der Waals surface area contributed by atoms with E-state index in [9.17, 15) is 23.5 Å². The normalized spacial score (nSPS) is 22.4. The summed E-state index contributed by atoms with van der Waals surface area (Å²) in [5.74, 6) is -3.01. The third-order valence-electron chi connectivity index (χ3n) is 5.32. The van der Waals surface area contributed by atoms with Crippen LogP contribution in [0.25, 0.3) is 10.6 Å². The van der Waals surface area contributed by atoms with E-state index < -0.39 is 35.5 Å². The van der Waals surface area contributed by atoms with Gasteiger partial charge in [-0.2, -0.15) is 0 Å². The lowest BCUT2D eigenvalue weighted by atomic mass is 9.92. The summed E-state index contributed by atoms with van der Waals surface area (Å²) >= 11 is 0.875. The van der Waals surface area contributed by atoms with Crippen molar-refractivity contribution in [3.05, 3.63) is 34.8 Å². The van der Waals surface area contributed by atoms with Gasteiger partial charge in [0, 0.05) is 37.3 Å². The second-order valence-electron chi connectivity index (χ2n) is 7.55. The molecule has 2 N–H and O–H groups in total. The minimum atomic E-state index is -0.942. The Morgan fingerprint density at radius 3 is 2.72 bits per heavy atom. The third-order valence-corrected chi connectivity index (χ3v) is 6.28. The summed E-state index contributed by atoms with van der Waals surface area (Å²) in [5, 5.41) is 20.1. The number of aromatic nitrogens is 2. The number of hydrogen-bond donors (Lipinski definition) is 2. The Morgan fingerprint density at radius 2 is 2.03 bits per heavy atom. The number of carbonyl (C=O) groups excluding carboxylic acids is 1. The number of halogens is 2. The van der Waals surface area contributed by atoms with Crippen molar-refractivity contribution in [2.75, 3.05) is 19.6 Å². The number of carboxylic acid groups (broad SMARTS) is 1. The van der Waals surface area contributed by atoms with Crippen molar-refractivity contribution in [3.63, 3.8) is 0 Å². The number of piperidine rings is 1. The minimum Gasteiger partial charge on any atom is -0.481 e. The fourth-order valence-corrected chi connectivity index (χ4v) is 4.36. The first-order chi connectivity index (χ1) is 13.9. The van der Waals surface area contributed by atoms with Gasteiger partial charge >= 0.3 is 5.97 Å². The van der Waals surface area contributed by atoms with Crippen LogP contribution in [0.4, 0.5) is 8.78 Å². The van der Waals surface area contributed by atoms with Gasteiger partial charge in [-0.3, -0.25) is 9.59 Å². The Kier molecular flexibility index (Phi) is 5.55. The second kappa shape index (κ2) is 8.11. The fourth-order valence-electron chi connectivity index (χ4n) is 3.59. The Morgan fingerprint density at radius 1 is 1.24 bits per heavy atom. The molecule has 2 aliphatic rings. The molecule has 1 aromatic carbocycles. The molecular formula is C19H20F2N4O3S. The maximum absolute atomic E-state index is 13.9. The van der Waals surface area contributed by atoms with Crippen LogP contribution >= 0.6 is 11.3 Å². The Bertz CT molecular complexity index is 934. The molecule has 10 heteroatoms. The summed E-state index contributed by atoms with van der Waals surface area (Å²) in [4.78, 5) is 26.4. The zero-order valence-corrected chi connectivity index (χ0v) is 16.3. The van der Waals surface area contributed by atoms with Crippen LogP contribution in [-0.2, 0) is 4.79 Å². The van der Waals surface area contributed by atoms with Gasteiger partial charge in [-0.05, 0) is 37.3 Å². The van der Waals surface area contributed by atoms with Crippen molar-refractivity contribution in [1.82, 2.24) is 20.4 Å². The SMILES string of the molecule is O=C(N[C@H]1CCN(CC2CC2)C[C@@H]1C(=O)O)c1nnc(-c2ccc(F)cc2F)s1. The first kappa shape index (κ1) is 19.8. The number of benzene rings is 1. The van der Waals surface area contributed by atoms with Gasteiger partial charge in [0.15, 0.2) is 5.01 Å². The lowest BCUT2D eigenvalue weighted by molar-refractivity contribution is -0.144. The van der Waals surface area contributed by atoms with Crippen LogP contribution in [0.5, 0.6) is 0 Å². The number of nitrogens with zero attached hydrogens (tertiary/aromatic N) is 3. The number of hydrogen-bond acceptors (Lipinski definition) is 6. The molecule has 0 bridgehead atoms. The Balaban J connectivity index is 1.43. The molecule has 4 rings (SSSR count). The van der Waals surface area contributed by atoms with Gasteiger partial charge in [0.05, 0.1) is 5.92 Å². The monoisotopic (exact) mass is 422 g/mol. The molecule has 2 aromatic rings. The predicted molar refractivity (Wildman–Crippen MR) is 101 cm³/mol.